The number of nitrogens with zero attached hydrogens (tertiary/aromatic N) is 1. The van der Waals surface area contributed by atoms with Crippen LogP contribution in [0.1, 0.15) is 24.0 Å². The van der Waals surface area contributed by atoms with Crippen molar-refractivity contribution in [3.05, 3.63) is 59.7 Å². The lowest BCUT2D eigenvalue weighted by molar-refractivity contribution is 0.412. The molecule has 2 aromatic rings. The first-order valence-electron chi connectivity index (χ1n) is 6.62. The summed E-state index contributed by atoms with van der Waals surface area (Å²) in [6, 6.07) is 15.4. The highest BCUT2D eigenvalue weighted by Gasteiger charge is 2.04. The van der Waals surface area contributed by atoms with Crippen LogP contribution in [0, 0.1) is 0 Å². The lowest BCUT2D eigenvalue weighted by Gasteiger charge is -2.08. The summed E-state index contributed by atoms with van der Waals surface area (Å²) in [4.78, 5) is 4.41. The number of phenolic OH excluding ortho intramolecular Hbond substituents is 1. The number of aromatic hydroxyl groups is 1. The second-order valence-electron chi connectivity index (χ2n) is 4.73. The van der Waals surface area contributed by atoms with Crippen molar-refractivity contribution < 1.29 is 9.84 Å². The highest BCUT2D eigenvalue weighted by molar-refractivity contribution is 5.84. The summed E-state index contributed by atoms with van der Waals surface area (Å²) >= 11 is 0. The molecule has 0 aliphatic carbocycles. The highest BCUT2D eigenvalue weighted by Crippen LogP contribution is 2.21. The molecule has 0 spiro atoms. The summed E-state index contributed by atoms with van der Waals surface area (Å²) < 4.78 is 5.13. The third kappa shape index (κ3) is 3.60. The molecule has 0 unspecified atom stereocenters. The van der Waals surface area contributed by atoms with Crippen LogP contribution in [0.5, 0.6) is 11.5 Å². The van der Waals surface area contributed by atoms with Crippen LogP contribution in [0.25, 0.3) is 0 Å². The van der Waals surface area contributed by atoms with Crippen LogP contribution in [-0.4, -0.2) is 25.0 Å². The second kappa shape index (κ2) is 6.75. The number of hydrogen-bond acceptors (Lipinski definition) is 3. The van der Waals surface area contributed by atoms with E-state index in [1.165, 1.54) is 5.56 Å². The quantitative estimate of drug-likeness (QED) is 0.842. The Kier molecular flexibility index (Phi) is 4.77. The lowest BCUT2D eigenvalue weighted by atomic mass is 10.0. The van der Waals surface area contributed by atoms with Crippen molar-refractivity contribution in [2.75, 3.05) is 13.7 Å². The Morgan fingerprint density at radius 1 is 1.20 bits per heavy atom. The smallest absolute Gasteiger partial charge is 0.124 e. The SMILES string of the molecule is COc1ccc(O)c(C=NC[C@H](C)c2ccccc2)c1. The van der Waals surface area contributed by atoms with Crippen LogP contribution < -0.4 is 4.74 Å². The molecule has 20 heavy (non-hydrogen) atoms. The van der Waals surface area contributed by atoms with Gasteiger partial charge in [-0.15, -0.1) is 0 Å². The van der Waals surface area contributed by atoms with Gasteiger partial charge in [0.1, 0.15) is 11.5 Å². The van der Waals surface area contributed by atoms with Crippen molar-refractivity contribution in [3.63, 3.8) is 0 Å². The van der Waals surface area contributed by atoms with Crippen LogP contribution in [0.2, 0.25) is 0 Å². The Hall–Kier alpha value is -2.29. The molecule has 2 rings (SSSR count). The molecule has 0 amide bonds. The van der Waals surface area contributed by atoms with Crippen molar-refractivity contribution in [1.82, 2.24) is 0 Å². The minimum Gasteiger partial charge on any atom is -0.507 e. The molecule has 0 aliphatic rings. The Labute approximate surface area is 119 Å². The van der Waals surface area contributed by atoms with Crippen LogP contribution in [0.3, 0.4) is 0 Å². The molecule has 3 nitrogen and oxygen atoms in total. The molecule has 0 fully saturated rings. The molecule has 0 heterocycles. The van der Waals surface area contributed by atoms with Crippen molar-refractivity contribution in [2.24, 2.45) is 4.99 Å². The van der Waals surface area contributed by atoms with Gasteiger partial charge in [-0.25, -0.2) is 0 Å². The van der Waals surface area contributed by atoms with Crippen LogP contribution in [0.15, 0.2) is 53.5 Å². The predicted octanol–water partition coefficient (Wildman–Crippen LogP) is 3.62. The molecule has 1 N–H and O–H groups in total. The van der Waals surface area contributed by atoms with E-state index in [1.807, 2.05) is 18.2 Å². The minimum atomic E-state index is 0.210. The normalized spacial score (nSPS) is 12.5. The molecule has 0 saturated heterocycles. The third-order valence-corrected chi connectivity index (χ3v) is 3.21. The molecule has 0 saturated carbocycles. The van der Waals surface area contributed by atoms with E-state index in [0.29, 0.717) is 23.8 Å². The molecule has 0 radical (unpaired) electrons. The zero-order chi connectivity index (χ0) is 14.4. The van der Waals surface area contributed by atoms with Gasteiger partial charge >= 0.3 is 0 Å². The van der Waals surface area contributed by atoms with E-state index in [1.54, 1.807) is 31.5 Å². The third-order valence-electron chi connectivity index (χ3n) is 3.21. The monoisotopic (exact) mass is 269 g/mol. The van der Waals surface area contributed by atoms with Crippen LogP contribution in [-0.2, 0) is 0 Å². The van der Waals surface area contributed by atoms with E-state index in [2.05, 4.69) is 24.0 Å². The van der Waals surface area contributed by atoms with Crippen molar-refractivity contribution >= 4 is 6.21 Å². The first-order chi connectivity index (χ1) is 9.70. The number of aliphatic imine (C=N–C) groups is 1. The van der Waals surface area contributed by atoms with Gasteiger partial charge in [-0.2, -0.15) is 0 Å². The molecular weight excluding hydrogens is 250 g/mol. The lowest BCUT2D eigenvalue weighted by Crippen LogP contribution is -1.98. The number of ether oxygens (including phenoxy) is 1. The van der Waals surface area contributed by atoms with Gasteiger partial charge < -0.3 is 9.84 Å². The Bertz CT molecular complexity index is 579. The molecule has 0 aliphatic heterocycles. The molecule has 0 bridgehead atoms. The average Bonchev–Trinajstić information content (AvgIpc) is 2.50. The standard InChI is InChI=1S/C17H19NO2/c1-13(14-6-4-3-5-7-14)11-18-12-15-10-16(20-2)8-9-17(15)19/h3-10,12-13,19H,11H2,1-2H3/t13-/m0/s1. The maximum atomic E-state index is 9.77. The van der Waals surface area contributed by atoms with Gasteiger partial charge in [0.25, 0.3) is 0 Å². The highest BCUT2D eigenvalue weighted by atomic mass is 16.5. The number of hydrogen-bond donors (Lipinski definition) is 1. The fraction of sp³-hybridized carbons (Fsp3) is 0.235. The second-order valence-corrected chi connectivity index (χ2v) is 4.73. The zero-order valence-electron chi connectivity index (χ0n) is 11.8. The number of phenols is 1. The number of benzene rings is 2. The van der Waals surface area contributed by atoms with Gasteiger partial charge in [0.05, 0.1) is 7.11 Å². The van der Waals surface area contributed by atoms with Gasteiger partial charge in [0.15, 0.2) is 0 Å². The van der Waals surface area contributed by atoms with Crippen LogP contribution in [0.4, 0.5) is 0 Å². The molecule has 1 atom stereocenters. The van der Waals surface area contributed by atoms with E-state index in [-0.39, 0.29) is 5.75 Å². The van der Waals surface area contributed by atoms with Gasteiger partial charge in [-0.05, 0) is 23.8 Å². The van der Waals surface area contributed by atoms with Gasteiger partial charge in [-0.3, -0.25) is 4.99 Å². The molecule has 104 valence electrons. The van der Waals surface area contributed by atoms with Crippen molar-refractivity contribution in [1.29, 1.82) is 0 Å². The minimum absolute atomic E-state index is 0.210. The van der Waals surface area contributed by atoms with Crippen molar-refractivity contribution in [2.45, 2.75) is 12.8 Å². The van der Waals surface area contributed by atoms with E-state index in [0.717, 1.165) is 0 Å². The Morgan fingerprint density at radius 3 is 2.65 bits per heavy atom. The molecule has 0 aromatic heterocycles. The topological polar surface area (TPSA) is 41.8 Å². The number of methoxy groups -OCH3 is 1. The van der Waals surface area contributed by atoms with E-state index >= 15 is 0 Å². The summed E-state index contributed by atoms with van der Waals surface area (Å²) in [6.45, 7) is 2.82. The summed E-state index contributed by atoms with van der Waals surface area (Å²) in [6.07, 6.45) is 1.69. The Balaban J connectivity index is 2.03. The average molecular weight is 269 g/mol. The summed E-state index contributed by atoms with van der Waals surface area (Å²) in [5.74, 6) is 1.27. The summed E-state index contributed by atoms with van der Waals surface area (Å²) in [5, 5.41) is 9.77. The number of rotatable bonds is 5. The fourth-order valence-corrected chi connectivity index (χ4v) is 1.96. The van der Waals surface area contributed by atoms with Gasteiger partial charge in [0.2, 0.25) is 0 Å². The van der Waals surface area contributed by atoms with Gasteiger partial charge in [-0.1, -0.05) is 37.3 Å². The van der Waals surface area contributed by atoms with E-state index < -0.39 is 0 Å². The maximum Gasteiger partial charge on any atom is 0.124 e. The first kappa shape index (κ1) is 14.1. The predicted molar refractivity (Wildman–Crippen MR) is 82.0 cm³/mol. The van der Waals surface area contributed by atoms with Gasteiger partial charge in [0, 0.05) is 24.2 Å². The van der Waals surface area contributed by atoms with E-state index in [4.69, 9.17) is 4.74 Å². The largest absolute Gasteiger partial charge is 0.507 e. The van der Waals surface area contributed by atoms with E-state index in [9.17, 15) is 5.11 Å². The summed E-state index contributed by atoms with van der Waals surface area (Å²) in [5.41, 5.74) is 1.93. The zero-order valence-corrected chi connectivity index (χ0v) is 11.8. The maximum absolute atomic E-state index is 9.77. The molecular formula is C17H19NO2. The van der Waals surface area contributed by atoms with Crippen LogP contribution >= 0.6 is 0 Å². The fourth-order valence-electron chi connectivity index (χ4n) is 1.96. The van der Waals surface area contributed by atoms with Crippen molar-refractivity contribution in [3.8, 4) is 11.5 Å². The molecule has 2 aromatic carbocycles. The first-order valence-corrected chi connectivity index (χ1v) is 6.62. The summed E-state index contributed by atoms with van der Waals surface area (Å²) in [7, 11) is 1.60. The molecule has 3 heteroatoms. The Morgan fingerprint density at radius 2 is 1.95 bits per heavy atom.